The number of halogens is 3. The van der Waals surface area contributed by atoms with Crippen molar-refractivity contribution >= 4 is 21.8 Å². The normalized spacial score (nSPS) is 10.7. The maximum Gasteiger partial charge on any atom is 0.257 e. The molecule has 0 bridgehead atoms. The predicted molar refractivity (Wildman–Crippen MR) is 65.8 cm³/mol. The molecule has 0 saturated heterocycles. The average Bonchev–Trinajstić information content (AvgIpc) is 2.14. The van der Waals surface area contributed by atoms with Gasteiger partial charge in [-0.15, -0.1) is 0 Å². The third-order valence-electron chi connectivity index (χ3n) is 2.24. The minimum atomic E-state index is -0.862. The molecule has 0 atom stereocenters. The molecule has 1 amide bonds. The monoisotopic (exact) mass is 305 g/mol. The molecule has 0 fully saturated rings. The van der Waals surface area contributed by atoms with Gasteiger partial charge >= 0.3 is 0 Å². The maximum atomic E-state index is 13.4. The van der Waals surface area contributed by atoms with Crippen LogP contribution in [-0.2, 0) is 0 Å². The molecule has 0 heterocycles. The molecule has 0 saturated carbocycles. The minimum absolute atomic E-state index is 0.270. The SMILES string of the molecule is CC(C)CCNC(=O)c1c(F)cc(Br)cc1F. The van der Waals surface area contributed by atoms with E-state index in [1.807, 2.05) is 13.8 Å². The molecule has 0 spiro atoms. The smallest absolute Gasteiger partial charge is 0.257 e. The number of carbonyl (C=O) groups is 1. The highest BCUT2D eigenvalue weighted by atomic mass is 79.9. The highest BCUT2D eigenvalue weighted by Crippen LogP contribution is 2.19. The van der Waals surface area contributed by atoms with E-state index in [0.29, 0.717) is 12.5 Å². The molecule has 5 heteroatoms. The molecule has 1 rings (SSSR count). The third-order valence-corrected chi connectivity index (χ3v) is 2.70. The Morgan fingerprint density at radius 2 is 1.88 bits per heavy atom. The number of hydrogen-bond donors (Lipinski definition) is 1. The van der Waals surface area contributed by atoms with Crippen LogP contribution in [0.25, 0.3) is 0 Å². The van der Waals surface area contributed by atoms with Crippen LogP contribution in [-0.4, -0.2) is 12.5 Å². The van der Waals surface area contributed by atoms with Gasteiger partial charge < -0.3 is 5.32 Å². The van der Waals surface area contributed by atoms with Gasteiger partial charge in [0, 0.05) is 11.0 Å². The highest BCUT2D eigenvalue weighted by molar-refractivity contribution is 9.10. The predicted octanol–water partition coefficient (Wildman–Crippen LogP) is 3.50. The quantitative estimate of drug-likeness (QED) is 0.906. The van der Waals surface area contributed by atoms with Crippen molar-refractivity contribution in [1.29, 1.82) is 0 Å². The van der Waals surface area contributed by atoms with Crippen LogP contribution in [0.2, 0.25) is 0 Å². The van der Waals surface area contributed by atoms with Crippen LogP contribution in [0, 0.1) is 17.6 Å². The van der Waals surface area contributed by atoms with Crippen molar-refractivity contribution in [3.8, 4) is 0 Å². The summed E-state index contributed by atoms with van der Waals surface area (Å²) < 4.78 is 27.1. The molecule has 0 aliphatic rings. The summed E-state index contributed by atoms with van der Waals surface area (Å²) in [6, 6.07) is 2.14. The summed E-state index contributed by atoms with van der Waals surface area (Å²) >= 11 is 2.96. The van der Waals surface area contributed by atoms with Crippen LogP contribution in [0.3, 0.4) is 0 Å². The Morgan fingerprint density at radius 1 is 1.35 bits per heavy atom. The molecule has 94 valence electrons. The lowest BCUT2D eigenvalue weighted by atomic mass is 10.1. The molecule has 2 nitrogen and oxygen atoms in total. The molecular weight excluding hydrogens is 292 g/mol. The molecule has 17 heavy (non-hydrogen) atoms. The van der Waals surface area contributed by atoms with Crippen molar-refractivity contribution in [3.05, 3.63) is 33.8 Å². The maximum absolute atomic E-state index is 13.4. The Morgan fingerprint density at radius 3 is 2.35 bits per heavy atom. The van der Waals surface area contributed by atoms with Crippen molar-refractivity contribution in [2.45, 2.75) is 20.3 Å². The van der Waals surface area contributed by atoms with Crippen molar-refractivity contribution in [2.24, 2.45) is 5.92 Å². The molecular formula is C12H14BrF2NO. The van der Waals surface area contributed by atoms with E-state index in [0.717, 1.165) is 18.6 Å². The second kappa shape index (κ2) is 6.10. The van der Waals surface area contributed by atoms with E-state index in [2.05, 4.69) is 21.2 Å². The van der Waals surface area contributed by atoms with E-state index in [9.17, 15) is 13.6 Å². The number of benzene rings is 1. The van der Waals surface area contributed by atoms with Crippen LogP contribution in [0.15, 0.2) is 16.6 Å². The molecule has 1 N–H and O–H groups in total. The van der Waals surface area contributed by atoms with Crippen LogP contribution in [0.5, 0.6) is 0 Å². The van der Waals surface area contributed by atoms with Crippen molar-refractivity contribution in [2.75, 3.05) is 6.54 Å². The lowest BCUT2D eigenvalue weighted by molar-refractivity contribution is 0.0943. The van der Waals surface area contributed by atoms with Gasteiger partial charge in [0.1, 0.15) is 17.2 Å². The summed E-state index contributed by atoms with van der Waals surface area (Å²) in [4.78, 5) is 11.6. The zero-order valence-corrected chi connectivity index (χ0v) is 11.3. The fourth-order valence-corrected chi connectivity index (χ4v) is 1.72. The summed E-state index contributed by atoms with van der Waals surface area (Å²) in [6.45, 7) is 4.42. The van der Waals surface area contributed by atoms with Crippen LogP contribution < -0.4 is 5.32 Å². The van der Waals surface area contributed by atoms with Gasteiger partial charge in [0.25, 0.3) is 5.91 Å². The Bertz CT molecular complexity index is 398. The largest absolute Gasteiger partial charge is 0.352 e. The summed E-state index contributed by atoms with van der Waals surface area (Å²) in [6.07, 6.45) is 0.769. The lowest BCUT2D eigenvalue weighted by Crippen LogP contribution is -2.27. The third kappa shape index (κ3) is 4.07. The van der Waals surface area contributed by atoms with E-state index in [4.69, 9.17) is 0 Å². The van der Waals surface area contributed by atoms with E-state index in [-0.39, 0.29) is 4.47 Å². The van der Waals surface area contributed by atoms with E-state index >= 15 is 0 Å². The summed E-state index contributed by atoms with van der Waals surface area (Å²) in [5.74, 6) is -2.01. The molecule has 0 aliphatic carbocycles. The fraction of sp³-hybridized carbons (Fsp3) is 0.417. The van der Waals surface area contributed by atoms with Gasteiger partial charge in [-0.05, 0) is 24.5 Å². The fourth-order valence-electron chi connectivity index (χ4n) is 1.32. The first-order chi connectivity index (χ1) is 7.91. The number of rotatable bonds is 4. The van der Waals surface area contributed by atoms with E-state index in [1.54, 1.807) is 0 Å². The van der Waals surface area contributed by atoms with Crippen molar-refractivity contribution < 1.29 is 13.6 Å². The summed E-state index contributed by atoms with van der Waals surface area (Å²) in [5.41, 5.74) is -0.531. The first kappa shape index (κ1) is 14.1. The Balaban J connectivity index is 2.76. The Kier molecular flexibility index (Phi) is 5.05. The number of amides is 1. The average molecular weight is 306 g/mol. The first-order valence-electron chi connectivity index (χ1n) is 5.34. The Hall–Kier alpha value is -0.970. The lowest BCUT2D eigenvalue weighted by Gasteiger charge is -2.08. The molecule has 0 aromatic heterocycles. The van der Waals surface area contributed by atoms with Crippen molar-refractivity contribution in [3.63, 3.8) is 0 Å². The standard InChI is InChI=1S/C12H14BrF2NO/c1-7(2)3-4-16-12(17)11-9(14)5-8(13)6-10(11)15/h5-7H,3-4H2,1-2H3,(H,16,17). The van der Waals surface area contributed by atoms with Crippen molar-refractivity contribution in [1.82, 2.24) is 5.32 Å². The van der Waals surface area contributed by atoms with Gasteiger partial charge in [0.05, 0.1) is 0 Å². The molecule has 1 aromatic carbocycles. The van der Waals surface area contributed by atoms with Gasteiger partial charge in [0.15, 0.2) is 0 Å². The second-order valence-corrected chi connectivity index (χ2v) is 5.10. The number of carbonyl (C=O) groups excluding carboxylic acids is 1. The summed E-state index contributed by atoms with van der Waals surface area (Å²) in [5, 5.41) is 2.50. The molecule has 0 radical (unpaired) electrons. The minimum Gasteiger partial charge on any atom is -0.352 e. The van der Waals surface area contributed by atoms with E-state index in [1.165, 1.54) is 0 Å². The van der Waals surface area contributed by atoms with Crippen LogP contribution in [0.4, 0.5) is 8.78 Å². The Labute approximate surface area is 108 Å². The highest BCUT2D eigenvalue weighted by Gasteiger charge is 2.17. The number of nitrogens with one attached hydrogen (secondary N) is 1. The van der Waals surface area contributed by atoms with Gasteiger partial charge in [0.2, 0.25) is 0 Å². The first-order valence-corrected chi connectivity index (χ1v) is 6.14. The van der Waals surface area contributed by atoms with Crippen LogP contribution >= 0.6 is 15.9 Å². The van der Waals surface area contributed by atoms with Gasteiger partial charge in [-0.3, -0.25) is 4.79 Å². The number of hydrogen-bond acceptors (Lipinski definition) is 1. The van der Waals surface area contributed by atoms with Gasteiger partial charge in [-0.25, -0.2) is 8.78 Å². The second-order valence-electron chi connectivity index (χ2n) is 4.18. The molecule has 0 unspecified atom stereocenters. The van der Waals surface area contributed by atoms with Gasteiger partial charge in [-0.1, -0.05) is 29.8 Å². The molecule has 0 aliphatic heterocycles. The van der Waals surface area contributed by atoms with Crippen LogP contribution in [0.1, 0.15) is 30.6 Å². The topological polar surface area (TPSA) is 29.1 Å². The zero-order chi connectivity index (χ0) is 13.0. The molecule has 1 aromatic rings. The zero-order valence-electron chi connectivity index (χ0n) is 9.69. The van der Waals surface area contributed by atoms with Gasteiger partial charge in [-0.2, -0.15) is 0 Å². The van der Waals surface area contributed by atoms with E-state index < -0.39 is 23.1 Å². The summed E-state index contributed by atoms with van der Waals surface area (Å²) in [7, 11) is 0.